The second-order valence-electron chi connectivity index (χ2n) is 12.0. The van der Waals surface area contributed by atoms with Gasteiger partial charge in [0.1, 0.15) is 23.5 Å². The van der Waals surface area contributed by atoms with Gasteiger partial charge in [0.2, 0.25) is 0 Å². The van der Waals surface area contributed by atoms with E-state index in [4.69, 9.17) is 21.1 Å². The molecule has 5 rings (SSSR count). The molecule has 3 aliphatic rings. The van der Waals surface area contributed by atoms with Crippen molar-refractivity contribution >= 4 is 50.3 Å². The Morgan fingerprint density at radius 3 is 2.54 bits per heavy atom. The number of rotatable bonds is 3. The van der Waals surface area contributed by atoms with E-state index in [0.717, 1.165) is 31.6 Å². The van der Waals surface area contributed by atoms with Crippen LogP contribution in [0, 0.1) is 0 Å². The van der Waals surface area contributed by atoms with Crippen molar-refractivity contribution in [2.24, 2.45) is 0 Å². The molecule has 4 heterocycles. The van der Waals surface area contributed by atoms with Crippen LogP contribution in [0.5, 0.6) is 5.75 Å². The lowest BCUT2D eigenvalue weighted by Gasteiger charge is -2.45. The van der Waals surface area contributed by atoms with E-state index in [9.17, 15) is 9.59 Å². The molecular weight excluding hydrogens is 588 g/mol. The van der Waals surface area contributed by atoms with Crippen LogP contribution in [0.15, 0.2) is 15.3 Å². The summed E-state index contributed by atoms with van der Waals surface area (Å²) in [4.78, 5) is 39.8. The molecule has 3 atom stereocenters. The van der Waals surface area contributed by atoms with Gasteiger partial charge in [-0.3, -0.25) is 9.47 Å². The topological polar surface area (TPSA) is 83.4 Å². The first-order chi connectivity index (χ1) is 18.3. The van der Waals surface area contributed by atoms with Gasteiger partial charge in [0.05, 0.1) is 15.5 Å². The lowest BCUT2D eigenvalue weighted by atomic mass is 10.1. The quantitative estimate of drug-likeness (QED) is 0.509. The van der Waals surface area contributed by atoms with Crippen LogP contribution in [0.25, 0.3) is 10.9 Å². The van der Waals surface area contributed by atoms with Crippen LogP contribution in [0.1, 0.15) is 40.7 Å². The number of carbonyl (C=O) groups is 1. The summed E-state index contributed by atoms with van der Waals surface area (Å²) in [5.41, 5.74) is -0.167. The molecule has 1 aromatic heterocycles. The van der Waals surface area contributed by atoms with Crippen LogP contribution in [0.4, 0.5) is 10.6 Å². The largest absolute Gasteiger partial charge is 0.488 e. The first-order valence-electron chi connectivity index (χ1n) is 13.6. The molecule has 10 nitrogen and oxygen atoms in total. The van der Waals surface area contributed by atoms with E-state index in [1.165, 1.54) is 0 Å². The molecule has 0 saturated carbocycles. The van der Waals surface area contributed by atoms with E-state index in [0.29, 0.717) is 52.8 Å². The second-order valence-corrected chi connectivity index (χ2v) is 13.2. The summed E-state index contributed by atoms with van der Waals surface area (Å²) in [6.45, 7) is 15.5. The number of aromatic nitrogens is 2. The molecule has 2 saturated heterocycles. The molecule has 0 N–H and O–H groups in total. The van der Waals surface area contributed by atoms with Crippen LogP contribution in [-0.4, -0.2) is 107 Å². The number of hydrogen-bond donors (Lipinski definition) is 0. The van der Waals surface area contributed by atoms with E-state index in [-0.39, 0.29) is 29.9 Å². The Hall–Kier alpha value is -2.08. The molecular formula is C27H38BrClN6O4. The summed E-state index contributed by atoms with van der Waals surface area (Å²) in [6, 6.07) is 1.46. The molecule has 214 valence electrons. The first-order valence-corrected chi connectivity index (χ1v) is 14.8. The van der Waals surface area contributed by atoms with Crippen LogP contribution < -0.4 is 15.3 Å². The van der Waals surface area contributed by atoms with Crippen molar-refractivity contribution in [3.05, 3.63) is 26.0 Å². The van der Waals surface area contributed by atoms with Crippen LogP contribution in [-0.2, 0) is 4.74 Å². The highest BCUT2D eigenvalue weighted by atomic mass is 79.9. The number of piperazine rings is 2. The normalized spacial score (nSPS) is 24.7. The van der Waals surface area contributed by atoms with Crippen molar-refractivity contribution in [2.75, 3.05) is 64.4 Å². The predicted molar refractivity (Wildman–Crippen MR) is 156 cm³/mol. The molecule has 0 unspecified atom stereocenters. The minimum Gasteiger partial charge on any atom is -0.488 e. The Bertz CT molecular complexity index is 1320. The van der Waals surface area contributed by atoms with Crippen molar-refractivity contribution in [1.29, 1.82) is 0 Å². The Kier molecular flexibility index (Phi) is 7.82. The van der Waals surface area contributed by atoms with Gasteiger partial charge in [-0.1, -0.05) is 11.6 Å². The zero-order valence-electron chi connectivity index (χ0n) is 23.5. The molecule has 0 bridgehead atoms. The van der Waals surface area contributed by atoms with E-state index in [1.54, 1.807) is 9.47 Å². The summed E-state index contributed by atoms with van der Waals surface area (Å²) in [5, 5.41) is 1.27. The van der Waals surface area contributed by atoms with Gasteiger partial charge < -0.3 is 24.2 Å². The van der Waals surface area contributed by atoms with Gasteiger partial charge in [0.15, 0.2) is 5.75 Å². The summed E-state index contributed by atoms with van der Waals surface area (Å²) in [7, 11) is 2.13. The van der Waals surface area contributed by atoms with Gasteiger partial charge in [-0.15, -0.1) is 0 Å². The van der Waals surface area contributed by atoms with Gasteiger partial charge >= 0.3 is 11.8 Å². The lowest BCUT2D eigenvalue weighted by Crippen LogP contribution is -2.59. The smallest absolute Gasteiger partial charge is 0.410 e. The van der Waals surface area contributed by atoms with E-state index in [2.05, 4.69) is 42.7 Å². The molecule has 3 aliphatic heterocycles. The van der Waals surface area contributed by atoms with E-state index < -0.39 is 5.60 Å². The van der Waals surface area contributed by atoms with Crippen LogP contribution >= 0.6 is 27.5 Å². The number of likely N-dealkylation sites (N-methyl/N-ethyl adjacent to an activating group) is 1. The molecule has 0 aliphatic carbocycles. The lowest BCUT2D eigenvalue weighted by molar-refractivity contribution is 0.0130. The third kappa shape index (κ3) is 5.60. The molecule has 1 amide bonds. The minimum atomic E-state index is -0.575. The van der Waals surface area contributed by atoms with Gasteiger partial charge in [-0.25, -0.2) is 9.59 Å². The number of carbonyl (C=O) groups excluding carboxylic acids is 1. The van der Waals surface area contributed by atoms with Crippen molar-refractivity contribution < 1.29 is 14.3 Å². The zero-order chi connectivity index (χ0) is 28.2. The molecule has 1 aromatic carbocycles. The third-order valence-corrected chi connectivity index (χ3v) is 9.09. The number of ether oxygens (including phenoxy) is 2. The Morgan fingerprint density at radius 1 is 1.18 bits per heavy atom. The van der Waals surface area contributed by atoms with Crippen molar-refractivity contribution in [3.63, 3.8) is 0 Å². The second kappa shape index (κ2) is 10.7. The number of anilines is 1. The summed E-state index contributed by atoms with van der Waals surface area (Å²) < 4.78 is 14.4. The Balaban J connectivity index is 1.52. The highest BCUT2D eigenvalue weighted by Gasteiger charge is 2.38. The first kappa shape index (κ1) is 28.4. The Labute approximate surface area is 242 Å². The van der Waals surface area contributed by atoms with Gasteiger partial charge in [0, 0.05) is 63.3 Å². The maximum Gasteiger partial charge on any atom is 0.410 e. The standard InChI is InChI=1S/C27H38BrClN6O4/c1-16-13-34(26(37)39-27(3,4)5)17(2)12-33(16)24-19-11-20(29)21(28)23-22(19)35(25(36)30-24)18(15-38-23)14-32-9-7-31(6)8-10-32/h11,16-18H,7-10,12-15H2,1-6H3/t16-,17-,18+/m0/s1. The van der Waals surface area contributed by atoms with Gasteiger partial charge in [-0.05, 0) is 63.7 Å². The van der Waals surface area contributed by atoms with Crippen molar-refractivity contribution in [2.45, 2.75) is 58.3 Å². The molecule has 12 heteroatoms. The van der Waals surface area contributed by atoms with Crippen LogP contribution in [0.2, 0.25) is 5.02 Å². The fraction of sp³-hybridized carbons (Fsp3) is 0.667. The number of hydrogen-bond acceptors (Lipinski definition) is 8. The van der Waals surface area contributed by atoms with E-state index >= 15 is 0 Å². The highest BCUT2D eigenvalue weighted by molar-refractivity contribution is 9.10. The maximum absolute atomic E-state index is 13.7. The average molecular weight is 626 g/mol. The molecule has 39 heavy (non-hydrogen) atoms. The molecule has 0 radical (unpaired) electrons. The molecule has 2 fully saturated rings. The van der Waals surface area contributed by atoms with Gasteiger partial charge in [0.25, 0.3) is 0 Å². The Morgan fingerprint density at radius 2 is 1.87 bits per heavy atom. The summed E-state index contributed by atoms with van der Waals surface area (Å²) in [5.74, 6) is 1.13. The molecule has 2 aromatic rings. The monoisotopic (exact) mass is 624 g/mol. The van der Waals surface area contributed by atoms with E-state index in [1.807, 2.05) is 40.7 Å². The fourth-order valence-corrected chi connectivity index (χ4v) is 6.32. The third-order valence-electron chi connectivity index (χ3n) is 7.78. The maximum atomic E-state index is 13.7. The van der Waals surface area contributed by atoms with Crippen molar-refractivity contribution in [1.82, 2.24) is 24.3 Å². The fourth-order valence-electron chi connectivity index (χ4n) is 5.71. The number of halogens is 2. The van der Waals surface area contributed by atoms with Crippen molar-refractivity contribution in [3.8, 4) is 5.75 Å². The van der Waals surface area contributed by atoms with Crippen LogP contribution in [0.3, 0.4) is 0 Å². The van der Waals surface area contributed by atoms with Gasteiger partial charge in [-0.2, -0.15) is 4.98 Å². The number of benzene rings is 1. The molecule has 0 spiro atoms. The number of nitrogens with zero attached hydrogens (tertiary/aromatic N) is 6. The number of amides is 1. The minimum absolute atomic E-state index is 0.101. The SMILES string of the molecule is C[C@H]1CN(c2nc(=O)n3c4c(c(Br)c(Cl)cc24)OC[C@H]3CN2CCN(C)CC2)[C@@H](C)CN1C(=O)OC(C)(C)C. The predicted octanol–water partition coefficient (Wildman–Crippen LogP) is 3.83. The zero-order valence-corrected chi connectivity index (χ0v) is 25.9. The highest BCUT2D eigenvalue weighted by Crippen LogP contribution is 2.44. The average Bonchev–Trinajstić information content (AvgIpc) is 2.85. The summed E-state index contributed by atoms with van der Waals surface area (Å²) >= 11 is 10.2. The summed E-state index contributed by atoms with van der Waals surface area (Å²) in [6.07, 6.45) is -0.335.